The maximum Gasteiger partial charge on any atom is 0.407 e. The molecule has 12 heteroatoms. The summed E-state index contributed by atoms with van der Waals surface area (Å²) in [4.78, 5) is 68.6. The number of nitrogens with one attached hydrogen (secondary N) is 2. The summed E-state index contributed by atoms with van der Waals surface area (Å²) in [6.07, 6.45) is 7.58. The van der Waals surface area contributed by atoms with Crippen LogP contribution in [0.25, 0.3) is 16.3 Å². The monoisotopic (exact) mass is 758 g/mol. The number of amides is 3. The van der Waals surface area contributed by atoms with Crippen molar-refractivity contribution in [1.82, 2.24) is 25.1 Å². The Balaban J connectivity index is 0.920. The van der Waals surface area contributed by atoms with Crippen LogP contribution in [0.1, 0.15) is 94.9 Å². The Morgan fingerprint density at radius 1 is 0.857 bits per heavy atom. The molecular weight excluding hydrogens is 709 g/mol. The number of methoxy groups -OCH3 is 2. The molecule has 2 aromatic carbocycles. The third kappa shape index (κ3) is 7.19. The van der Waals surface area contributed by atoms with Crippen LogP contribution in [-0.2, 0) is 23.9 Å². The second kappa shape index (κ2) is 14.9. The van der Waals surface area contributed by atoms with Gasteiger partial charge in [-0.1, -0.05) is 51.8 Å². The number of esters is 1. The van der Waals surface area contributed by atoms with Gasteiger partial charge in [0.2, 0.25) is 11.8 Å². The molecule has 1 aromatic heterocycles. The number of alkyl carbamates (subject to hydrolysis) is 1. The minimum Gasteiger partial charge on any atom is -0.469 e. The molecule has 2 aliphatic carbocycles. The van der Waals surface area contributed by atoms with Crippen LogP contribution < -0.4 is 5.32 Å². The van der Waals surface area contributed by atoms with E-state index in [9.17, 15) is 19.2 Å². The summed E-state index contributed by atoms with van der Waals surface area (Å²) in [5.74, 6) is 7.25. The van der Waals surface area contributed by atoms with Crippen molar-refractivity contribution in [2.75, 3.05) is 14.2 Å². The highest BCUT2D eigenvalue weighted by molar-refractivity contribution is 6.04. The van der Waals surface area contributed by atoms with E-state index < -0.39 is 18.1 Å². The van der Waals surface area contributed by atoms with Gasteiger partial charge in [0, 0.05) is 36.0 Å². The van der Waals surface area contributed by atoms with Gasteiger partial charge in [-0.25, -0.2) is 9.78 Å². The molecule has 8 atom stereocenters. The standard InChI is InChI=1S/C44H50N6O6/c1-23(2)33(20-39(51)55-5)42(52)49-35-16-29(35)18-37(49)34-15-31(21-45-34)28-11-10-26-13-25(7-9-27(26)14-28)8-12-32-22-46-41(47-32)38-19-30-17-36(30)50(38)43(53)40(24(3)4)48-44(54)56-6/h7,9-11,13-14,21-24,29-30,33,35-38,40H,15-20H2,1-6H3,(H,46,47)(H,48,54)/t29-,30-,33+,35-,36-,37+,38+,40+/m1/s1. The Morgan fingerprint density at radius 2 is 1.55 bits per heavy atom. The fraction of sp³-hybridized carbons (Fsp3) is 0.500. The summed E-state index contributed by atoms with van der Waals surface area (Å²) in [7, 11) is 2.67. The molecule has 0 bridgehead atoms. The van der Waals surface area contributed by atoms with Crippen LogP contribution >= 0.6 is 0 Å². The summed E-state index contributed by atoms with van der Waals surface area (Å²) in [6, 6.07) is 12.1. The zero-order valence-corrected chi connectivity index (χ0v) is 32.9. The first kappa shape index (κ1) is 37.5. The average Bonchev–Trinajstić information content (AvgIpc) is 3.79. The van der Waals surface area contributed by atoms with E-state index in [4.69, 9.17) is 14.5 Å². The maximum atomic E-state index is 13.9. The second-order valence-electron chi connectivity index (χ2n) is 16.8. The Labute approximate surface area is 327 Å². The van der Waals surface area contributed by atoms with Gasteiger partial charge in [-0.2, -0.15) is 0 Å². The van der Waals surface area contributed by atoms with Crippen LogP contribution in [0.15, 0.2) is 53.8 Å². The number of nitrogens with zero attached hydrogens (tertiary/aromatic N) is 4. The molecule has 3 amide bonds. The molecule has 3 aliphatic heterocycles. The second-order valence-corrected chi connectivity index (χ2v) is 16.8. The molecular formula is C44H50N6O6. The fourth-order valence-electron chi connectivity index (χ4n) is 9.07. The lowest BCUT2D eigenvalue weighted by Crippen LogP contribution is -2.52. The number of aromatic nitrogens is 2. The number of carbonyl (C=O) groups is 4. The lowest BCUT2D eigenvalue weighted by atomic mass is 9.89. The molecule has 4 heterocycles. The molecule has 4 fully saturated rings. The van der Waals surface area contributed by atoms with E-state index in [2.05, 4.69) is 57.5 Å². The number of allylic oxidation sites excluding steroid dienone is 1. The molecule has 0 spiro atoms. The number of piperidine rings is 2. The Bertz CT molecular complexity index is 2210. The van der Waals surface area contributed by atoms with E-state index >= 15 is 0 Å². The highest BCUT2D eigenvalue weighted by Gasteiger charge is 2.57. The Morgan fingerprint density at radius 3 is 2.25 bits per heavy atom. The molecule has 2 N–H and O–H groups in total. The van der Waals surface area contributed by atoms with Gasteiger partial charge in [0.1, 0.15) is 17.6 Å². The number of hydrogen-bond acceptors (Lipinski definition) is 8. The van der Waals surface area contributed by atoms with Crippen molar-refractivity contribution < 1.29 is 28.7 Å². The van der Waals surface area contributed by atoms with Gasteiger partial charge in [-0.05, 0) is 95.4 Å². The van der Waals surface area contributed by atoms with Crippen molar-refractivity contribution in [2.45, 2.75) is 96.4 Å². The minimum atomic E-state index is -0.683. The van der Waals surface area contributed by atoms with Crippen LogP contribution in [0.5, 0.6) is 0 Å². The first-order valence-electron chi connectivity index (χ1n) is 19.9. The molecule has 12 nitrogen and oxygen atoms in total. The van der Waals surface area contributed by atoms with Crippen LogP contribution in [0.3, 0.4) is 0 Å². The quantitative estimate of drug-likeness (QED) is 0.190. The summed E-state index contributed by atoms with van der Waals surface area (Å²) < 4.78 is 9.70. The van der Waals surface area contributed by atoms with Gasteiger partial charge in [0.15, 0.2) is 0 Å². The number of aromatic amines is 1. The summed E-state index contributed by atoms with van der Waals surface area (Å²) in [6.45, 7) is 7.81. The molecule has 2 saturated carbocycles. The van der Waals surface area contributed by atoms with Gasteiger partial charge in [0.25, 0.3) is 0 Å². The predicted octanol–water partition coefficient (Wildman–Crippen LogP) is 6.02. The van der Waals surface area contributed by atoms with Crippen molar-refractivity contribution in [1.29, 1.82) is 0 Å². The van der Waals surface area contributed by atoms with E-state index in [1.54, 1.807) is 6.20 Å². The van der Waals surface area contributed by atoms with Crippen molar-refractivity contribution in [3.05, 3.63) is 71.4 Å². The van der Waals surface area contributed by atoms with E-state index in [1.807, 2.05) is 49.8 Å². The van der Waals surface area contributed by atoms with Crippen molar-refractivity contribution in [3.8, 4) is 11.8 Å². The number of ether oxygens (including phenoxy) is 2. The van der Waals surface area contributed by atoms with E-state index in [1.165, 1.54) is 14.2 Å². The molecule has 5 aliphatic rings. The number of likely N-dealkylation sites (tertiary alicyclic amines) is 2. The Hall–Kier alpha value is -5.44. The molecule has 56 heavy (non-hydrogen) atoms. The third-order valence-electron chi connectivity index (χ3n) is 12.5. The van der Waals surface area contributed by atoms with Gasteiger partial charge in [0.05, 0.1) is 44.8 Å². The summed E-state index contributed by atoms with van der Waals surface area (Å²) in [5.41, 5.74) is 4.79. The molecule has 292 valence electrons. The first-order chi connectivity index (χ1) is 26.9. The number of carbonyl (C=O) groups excluding carboxylic acids is 4. The zero-order chi connectivity index (χ0) is 39.4. The van der Waals surface area contributed by atoms with Crippen molar-refractivity contribution >= 4 is 45.9 Å². The van der Waals surface area contributed by atoms with Crippen LogP contribution in [0, 0.1) is 41.4 Å². The van der Waals surface area contributed by atoms with E-state index in [-0.39, 0.29) is 60.2 Å². The number of rotatable bonds is 10. The van der Waals surface area contributed by atoms with Gasteiger partial charge in [-0.3, -0.25) is 19.4 Å². The lowest BCUT2D eigenvalue weighted by molar-refractivity contribution is -0.148. The highest BCUT2D eigenvalue weighted by Crippen LogP contribution is 2.53. The fourth-order valence-corrected chi connectivity index (χ4v) is 9.07. The van der Waals surface area contributed by atoms with E-state index in [0.29, 0.717) is 29.8 Å². The number of fused-ring (bicyclic) bond motifs is 3. The number of imidazole rings is 1. The van der Waals surface area contributed by atoms with Crippen LogP contribution in [0.2, 0.25) is 0 Å². The van der Waals surface area contributed by atoms with Gasteiger partial charge < -0.3 is 29.6 Å². The highest BCUT2D eigenvalue weighted by atomic mass is 16.5. The minimum absolute atomic E-state index is 0.0292. The lowest BCUT2D eigenvalue weighted by Gasteiger charge is -2.32. The molecule has 8 rings (SSSR count). The van der Waals surface area contributed by atoms with E-state index in [0.717, 1.165) is 58.9 Å². The average molecular weight is 759 g/mol. The number of H-pyrrole nitrogens is 1. The topological polar surface area (TPSA) is 146 Å². The number of aliphatic imine (C=N–C) groups is 1. The van der Waals surface area contributed by atoms with Crippen LogP contribution in [-0.4, -0.2) is 87.7 Å². The molecule has 3 aromatic rings. The largest absolute Gasteiger partial charge is 0.469 e. The third-order valence-corrected chi connectivity index (χ3v) is 12.5. The van der Waals surface area contributed by atoms with Gasteiger partial charge in [-0.15, -0.1) is 0 Å². The smallest absolute Gasteiger partial charge is 0.407 e. The predicted molar refractivity (Wildman–Crippen MR) is 211 cm³/mol. The van der Waals surface area contributed by atoms with Crippen LogP contribution in [0.4, 0.5) is 4.79 Å². The number of hydrogen-bond donors (Lipinski definition) is 2. The molecule has 0 unspecified atom stereocenters. The Kier molecular flexibility index (Phi) is 9.97. The zero-order valence-electron chi connectivity index (χ0n) is 32.9. The SMILES string of the molecule is COC(=O)C[C@H](C(=O)N1[C@@H]2C[C@@H]2C[C@H]1C1=NC=C(c2ccc3cc(C#Cc4cnc([C@@H]5C[C@H]6C[C@H]6N5C(=O)[C@@H](NC(=O)OC)C(C)C)[nH]4)ccc3c2)C1)C(C)C. The number of benzene rings is 2. The van der Waals surface area contributed by atoms with Gasteiger partial charge >= 0.3 is 12.1 Å². The normalized spacial score (nSPS) is 25.5. The first-order valence-corrected chi connectivity index (χ1v) is 19.9. The molecule has 2 saturated heterocycles. The molecule has 0 radical (unpaired) electrons. The summed E-state index contributed by atoms with van der Waals surface area (Å²) in [5, 5.41) is 4.89. The van der Waals surface area contributed by atoms with Crippen molar-refractivity contribution in [3.63, 3.8) is 0 Å². The summed E-state index contributed by atoms with van der Waals surface area (Å²) >= 11 is 0. The van der Waals surface area contributed by atoms with Crippen molar-refractivity contribution in [2.24, 2.45) is 34.6 Å². The maximum absolute atomic E-state index is 13.9.